The van der Waals surface area contributed by atoms with Gasteiger partial charge >= 0.3 is 5.97 Å². The SMILES string of the molecule is CCCCC(NC(=O)C1CCC(=O)N1Cc1ccc(C)cc1)C(=O)O. The lowest BCUT2D eigenvalue weighted by molar-refractivity contribution is -0.143. The molecule has 25 heavy (non-hydrogen) atoms. The van der Waals surface area contributed by atoms with Gasteiger partial charge in [-0.25, -0.2) is 4.79 Å². The average molecular weight is 346 g/mol. The maximum atomic E-state index is 12.6. The maximum Gasteiger partial charge on any atom is 0.326 e. The van der Waals surface area contributed by atoms with E-state index in [9.17, 15) is 19.5 Å². The first-order valence-corrected chi connectivity index (χ1v) is 8.80. The molecule has 2 N–H and O–H groups in total. The Bertz CT molecular complexity index is 627. The van der Waals surface area contributed by atoms with Crippen LogP contribution in [0.1, 0.15) is 50.2 Å². The minimum atomic E-state index is -1.03. The van der Waals surface area contributed by atoms with Crippen LogP contribution in [0.5, 0.6) is 0 Å². The first-order chi connectivity index (χ1) is 11.9. The van der Waals surface area contributed by atoms with Crippen molar-refractivity contribution in [1.82, 2.24) is 10.2 Å². The Balaban J connectivity index is 2.04. The Morgan fingerprint density at radius 1 is 1.32 bits per heavy atom. The molecule has 0 aliphatic carbocycles. The molecule has 6 nitrogen and oxygen atoms in total. The standard InChI is InChI=1S/C19H26N2O4/c1-3-4-5-15(19(24)25)20-18(23)16-10-11-17(22)21(16)12-14-8-6-13(2)7-9-14/h6-9,15-16H,3-5,10-12H2,1-2H3,(H,20,23)(H,24,25). The minimum Gasteiger partial charge on any atom is -0.480 e. The van der Waals surface area contributed by atoms with Crippen LogP contribution in [0.2, 0.25) is 0 Å². The molecule has 0 saturated carbocycles. The molecule has 1 aromatic carbocycles. The largest absolute Gasteiger partial charge is 0.480 e. The fraction of sp³-hybridized carbons (Fsp3) is 0.526. The van der Waals surface area contributed by atoms with Crippen LogP contribution in [0.3, 0.4) is 0 Å². The lowest BCUT2D eigenvalue weighted by atomic mass is 10.1. The van der Waals surface area contributed by atoms with Gasteiger partial charge in [0.25, 0.3) is 0 Å². The van der Waals surface area contributed by atoms with E-state index in [1.54, 1.807) is 4.90 Å². The summed E-state index contributed by atoms with van der Waals surface area (Å²) in [5.41, 5.74) is 2.09. The maximum absolute atomic E-state index is 12.6. The van der Waals surface area contributed by atoms with Crippen molar-refractivity contribution in [1.29, 1.82) is 0 Å². The van der Waals surface area contributed by atoms with Crippen molar-refractivity contribution in [2.45, 2.75) is 64.6 Å². The molecule has 136 valence electrons. The summed E-state index contributed by atoms with van der Waals surface area (Å²) < 4.78 is 0. The number of amides is 2. The normalized spacial score (nSPS) is 18.2. The number of hydrogen-bond donors (Lipinski definition) is 2. The predicted molar refractivity (Wildman–Crippen MR) is 93.8 cm³/mol. The number of aliphatic carboxylic acids is 1. The fourth-order valence-electron chi connectivity index (χ4n) is 3.03. The molecule has 1 aliphatic heterocycles. The van der Waals surface area contributed by atoms with Gasteiger partial charge in [-0.05, 0) is 25.3 Å². The highest BCUT2D eigenvalue weighted by molar-refractivity contribution is 5.92. The molecule has 0 bridgehead atoms. The zero-order chi connectivity index (χ0) is 18.4. The predicted octanol–water partition coefficient (Wildman–Crippen LogP) is 2.25. The van der Waals surface area contributed by atoms with Gasteiger partial charge in [-0.1, -0.05) is 49.6 Å². The highest BCUT2D eigenvalue weighted by Gasteiger charge is 2.37. The van der Waals surface area contributed by atoms with Gasteiger partial charge in [0.2, 0.25) is 11.8 Å². The molecule has 0 aromatic heterocycles. The number of aryl methyl sites for hydroxylation is 1. The van der Waals surface area contributed by atoms with Crippen molar-refractivity contribution in [2.75, 3.05) is 0 Å². The fourth-order valence-corrected chi connectivity index (χ4v) is 3.03. The van der Waals surface area contributed by atoms with Crippen LogP contribution >= 0.6 is 0 Å². The summed E-state index contributed by atoms with van der Waals surface area (Å²) in [6.07, 6.45) is 2.73. The summed E-state index contributed by atoms with van der Waals surface area (Å²) in [5, 5.41) is 11.9. The van der Waals surface area contributed by atoms with E-state index in [-0.39, 0.29) is 11.8 Å². The number of carboxylic acid groups (broad SMARTS) is 1. The zero-order valence-corrected chi connectivity index (χ0v) is 14.8. The summed E-state index contributed by atoms with van der Waals surface area (Å²) in [7, 11) is 0. The molecule has 1 aliphatic rings. The summed E-state index contributed by atoms with van der Waals surface area (Å²) in [6, 6.07) is 6.32. The zero-order valence-electron chi connectivity index (χ0n) is 14.8. The van der Waals surface area contributed by atoms with Crippen LogP contribution in [-0.2, 0) is 20.9 Å². The van der Waals surface area contributed by atoms with E-state index in [0.717, 1.165) is 24.0 Å². The lowest BCUT2D eigenvalue weighted by Gasteiger charge is -2.25. The highest BCUT2D eigenvalue weighted by Crippen LogP contribution is 2.22. The molecule has 2 amide bonds. The number of hydrogen-bond acceptors (Lipinski definition) is 3. The summed E-state index contributed by atoms with van der Waals surface area (Å²) in [5.74, 6) is -1.47. The van der Waals surface area contributed by atoms with E-state index >= 15 is 0 Å². The lowest BCUT2D eigenvalue weighted by Crippen LogP contribution is -2.50. The number of nitrogens with zero attached hydrogens (tertiary/aromatic N) is 1. The van der Waals surface area contributed by atoms with Gasteiger partial charge in [0.15, 0.2) is 0 Å². The molecule has 0 radical (unpaired) electrons. The van der Waals surface area contributed by atoms with Gasteiger partial charge in [-0.2, -0.15) is 0 Å². The second kappa shape index (κ2) is 8.65. The molecule has 6 heteroatoms. The van der Waals surface area contributed by atoms with Gasteiger partial charge in [-0.15, -0.1) is 0 Å². The first kappa shape index (κ1) is 19.0. The van der Waals surface area contributed by atoms with Crippen molar-refractivity contribution in [3.63, 3.8) is 0 Å². The number of unbranched alkanes of at least 4 members (excludes halogenated alkanes) is 1. The van der Waals surface area contributed by atoms with Gasteiger partial charge in [-0.3, -0.25) is 9.59 Å². The van der Waals surface area contributed by atoms with Crippen LogP contribution in [0.15, 0.2) is 24.3 Å². The van der Waals surface area contributed by atoms with Crippen LogP contribution < -0.4 is 5.32 Å². The summed E-state index contributed by atoms with van der Waals surface area (Å²) >= 11 is 0. The van der Waals surface area contributed by atoms with Crippen LogP contribution in [-0.4, -0.2) is 39.9 Å². The molecule has 1 heterocycles. The topological polar surface area (TPSA) is 86.7 Å². The molecule has 2 rings (SSSR count). The number of benzene rings is 1. The number of carboxylic acids is 1. The third kappa shape index (κ3) is 5.05. The molecule has 0 spiro atoms. The number of nitrogens with one attached hydrogen (secondary N) is 1. The van der Waals surface area contributed by atoms with Crippen molar-refractivity contribution < 1.29 is 19.5 Å². The van der Waals surface area contributed by atoms with Crippen LogP contribution in [0, 0.1) is 6.92 Å². The van der Waals surface area contributed by atoms with Gasteiger partial charge in [0.1, 0.15) is 12.1 Å². The molecular weight excluding hydrogens is 320 g/mol. The van der Waals surface area contributed by atoms with Crippen molar-refractivity contribution >= 4 is 17.8 Å². The van der Waals surface area contributed by atoms with E-state index in [1.165, 1.54) is 0 Å². The molecule has 2 atom stereocenters. The monoisotopic (exact) mass is 346 g/mol. The second-order valence-electron chi connectivity index (χ2n) is 6.60. The summed E-state index contributed by atoms with van der Waals surface area (Å²) in [4.78, 5) is 37.6. The third-order valence-corrected chi connectivity index (χ3v) is 4.57. The highest BCUT2D eigenvalue weighted by atomic mass is 16.4. The molecule has 1 saturated heterocycles. The van der Waals surface area contributed by atoms with Crippen molar-refractivity contribution in [3.8, 4) is 0 Å². The van der Waals surface area contributed by atoms with Crippen molar-refractivity contribution in [2.24, 2.45) is 0 Å². The van der Waals surface area contributed by atoms with E-state index in [4.69, 9.17) is 0 Å². The Hall–Kier alpha value is -2.37. The second-order valence-corrected chi connectivity index (χ2v) is 6.60. The number of rotatable bonds is 8. The minimum absolute atomic E-state index is 0.0684. The number of carbonyl (C=O) groups is 3. The Kier molecular flexibility index (Phi) is 6.56. The molecule has 1 fully saturated rings. The van der Waals surface area contributed by atoms with Crippen molar-refractivity contribution in [3.05, 3.63) is 35.4 Å². The average Bonchev–Trinajstić information content (AvgIpc) is 2.94. The molecular formula is C19H26N2O4. The smallest absolute Gasteiger partial charge is 0.326 e. The molecule has 1 aromatic rings. The quantitative estimate of drug-likeness (QED) is 0.756. The van der Waals surface area contributed by atoms with E-state index < -0.39 is 18.1 Å². The van der Waals surface area contributed by atoms with Gasteiger partial charge in [0.05, 0.1) is 0 Å². The van der Waals surface area contributed by atoms with Crippen LogP contribution in [0.4, 0.5) is 0 Å². The van der Waals surface area contributed by atoms with Gasteiger partial charge < -0.3 is 15.3 Å². The first-order valence-electron chi connectivity index (χ1n) is 8.80. The third-order valence-electron chi connectivity index (χ3n) is 4.57. The Morgan fingerprint density at radius 3 is 2.60 bits per heavy atom. The Morgan fingerprint density at radius 2 is 2.00 bits per heavy atom. The van der Waals surface area contributed by atoms with Crippen LogP contribution in [0.25, 0.3) is 0 Å². The van der Waals surface area contributed by atoms with E-state index in [0.29, 0.717) is 25.8 Å². The van der Waals surface area contributed by atoms with E-state index in [1.807, 2.05) is 38.1 Å². The van der Waals surface area contributed by atoms with Gasteiger partial charge in [0, 0.05) is 13.0 Å². The number of likely N-dealkylation sites (tertiary alicyclic amines) is 1. The molecule has 2 unspecified atom stereocenters. The number of carbonyl (C=O) groups excluding carboxylic acids is 2. The summed E-state index contributed by atoms with van der Waals surface area (Å²) in [6.45, 7) is 4.33. The van der Waals surface area contributed by atoms with E-state index in [2.05, 4.69) is 5.32 Å². The Labute approximate surface area is 148 Å².